The van der Waals surface area contributed by atoms with Crippen molar-refractivity contribution in [1.82, 2.24) is 59.8 Å². The number of hydrogen-bond donors (Lipinski definition) is 9. The Kier molecular flexibility index (Phi) is 35.1. The Morgan fingerprint density at radius 3 is 0.811 bits per heavy atom. The molecule has 0 radical (unpaired) electrons. The average molecular weight is 1710 g/mol. The highest BCUT2D eigenvalue weighted by molar-refractivity contribution is 7.49. The van der Waals surface area contributed by atoms with Gasteiger partial charge in [0.05, 0.1) is 7.11 Å². The summed E-state index contributed by atoms with van der Waals surface area (Å²) in [5, 5.41) is 25.8. The largest absolute Gasteiger partial charge is 0.647 e. The van der Waals surface area contributed by atoms with Gasteiger partial charge in [-0.25, -0.2) is 4.98 Å². The lowest BCUT2D eigenvalue weighted by atomic mass is 10.1. The Balaban J connectivity index is 0.000000145. The summed E-state index contributed by atoms with van der Waals surface area (Å²) in [6.07, 6.45) is 11.7. The minimum absolute atomic E-state index is 0.202. The quantitative estimate of drug-likeness (QED) is 0.0132. The molecule has 0 bridgehead atoms. The van der Waals surface area contributed by atoms with Crippen LogP contribution in [0.3, 0.4) is 0 Å². The molecule has 16 aromatic rings. The van der Waals surface area contributed by atoms with E-state index >= 15 is 0 Å². The van der Waals surface area contributed by atoms with Crippen molar-refractivity contribution in [2.45, 2.75) is 91.9 Å². The van der Waals surface area contributed by atoms with Crippen LogP contribution in [0.1, 0.15) is 88.0 Å². The van der Waals surface area contributed by atoms with Crippen molar-refractivity contribution >= 4 is 107 Å². The van der Waals surface area contributed by atoms with Crippen LogP contribution >= 0.6 is 7.82 Å². The SMILES string of the molecule is CCCCCCc1nc(N)nc(CCCCCC)n1.COc1ccc(Nc2nc(Nc3cccc(C)c3)nc(Nc3cccc(C)c3)n2)cc1.O=P(Oc1ccccc1)(Oc1ccccc1)Oc1ccccc1.c1ccc(Nc2nc(Nc3ccccc3)nc(Nc3ccccc3)n2)cc1.c1ccc(Nc2nc(Nc3ccccc3)nc(Oc3ccccc3)n2)cc1. The monoisotopic (exact) mass is 1710 g/mol. The van der Waals surface area contributed by atoms with Gasteiger partial charge < -0.3 is 71.3 Å². The van der Waals surface area contributed by atoms with E-state index in [9.17, 15) is 4.57 Å². The van der Waals surface area contributed by atoms with E-state index < -0.39 is 7.82 Å². The fourth-order valence-electron chi connectivity index (χ4n) is 12.0. The molecule has 4 aromatic heterocycles. The molecule has 0 saturated heterocycles. The van der Waals surface area contributed by atoms with Gasteiger partial charge in [-0.05, 0) is 196 Å². The number of hydrogen-bond acceptors (Lipinski definition) is 27. The highest BCUT2D eigenvalue weighted by Gasteiger charge is 2.33. The molecule has 0 spiro atoms. The minimum Gasteiger partial charge on any atom is -0.497 e. The number of methoxy groups -OCH3 is 1. The normalized spacial score (nSPS) is 10.5. The lowest BCUT2D eigenvalue weighted by molar-refractivity contribution is 0.298. The van der Waals surface area contributed by atoms with Crippen LogP contribution < -0.4 is 71.3 Å². The molecular weight excluding hydrogens is 1610 g/mol. The zero-order valence-corrected chi connectivity index (χ0v) is 72.2. The molecule has 0 aliphatic rings. The van der Waals surface area contributed by atoms with Gasteiger partial charge in [-0.3, -0.25) is 0 Å². The molecule has 0 aliphatic carbocycles. The highest BCUT2D eigenvalue weighted by atomic mass is 31.2. The molecular formula is C99H102N21O6P. The van der Waals surface area contributed by atoms with Gasteiger partial charge in [-0.1, -0.05) is 240 Å². The molecule has 0 amide bonds. The number of aromatic nitrogens is 12. The number of nitrogen functional groups attached to an aromatic ring is 1. The van der Waals surface area contributed by atoms with Crippen molar-refractivity contribution in [2.24, 2.45) is 0 Å². The van der Waals surface area contributed by atoms with Crippen molar-refractivity contribution in [3.05, 3.63) is 369 Å². The Morgan fingerprint density at radius 1 is 0.268 bits per heavy atom. The van der Waals surface area contributed by atoms with Crippen molar-refractivity contribution in [3.8, 4) is 34.8 Å². The summed E-state index contributed by atoms with van der Waals surface area (Å²) < 4.78 is 40.6. The van der Waals surface area contributed by atoms with Crippen LogP contribution in [0.25, 0.3) is 0 Å². The van der Waals surface area contributed by atoms with Crippen LogP contribution in [-0.4, -0.2) is 66.9 Å². The van der Waals surface area contributed by atoms with Crippen LogP contribution in [0, 0.1) is 13.8 Å². The lowest BCUT2D eigenvalue weighted by Gasteiger charge is -2.19. The summed E-state index contributed by atoms with van der Waals surface area (Å²) in [6, 6.07) is 108. The smallest absolute Gasteiger partial charge is 0.497 e. The van der Waals surface area contributed by atoms with Crippen molar-refractivity contribution in [1.29, 1.82) is 0 Å². The standard InChI is InChI=1S/C24H24N6O.C21H18N6.C21H17N5O.C18H15O4P.C15H28N4/c1-16-6-4-8-19(14-16)26-23-28-22(25-18-10-12-21(31-3)13-11-18)29-24(30-23)27-20-9-5-7-17(2)15-20;1-4-10-16(11-5-1)22-19-25-20(23-17-12-6-2-7-13-17)27-21(26-19)24-18-14-8-3-9-15-18;1-4-10-16(11-5-1)22-19-24-20(23-17-12-6-2-7-13-17)26-21(25-19)27-18-14-8-3-9-15-18;19-23(20-16-10-4-1-5-11-16,21-17-12-6-2-7-13-17)22-18-14-8-3-9-15-18;1-3-5-7-9-11-13-17-14(19-15(16)18-13)12-10-8-6-4-2/h4-15H,1-3H3,(H3,25,26,27,28,29,30);1-15H,(H3,22,23,24,25,26,27);1-15H,(H2,22,23,24,25,26);1-15H;3-12H2,1-2H3,(H2,16,17,18,19). The molecule has 0 unspecified atom stereocenters. The molecule has 127 heavy (non-hydrogen) atoms. The number of phosphoric ester groups is 1. The zero-order chi connectivity index (χ0) is 88.1. The predicted octanol–water partition coefficient (Wildman–Crippen LogP) is 25.0. The first-order valence-electron chi connectivity index (χ1n) is 41.8. The van der Waals surface area contributed by atoms with E-state index in [0.29, 0.717) is 76.5 Å². The number of benzene rings is 12. The van der Waals surface area contributed by atoms with Gasteiger partial charge in [0, 0.05) is 58.3 Å². The van der Waals surface area contributed by atoms with Crippen molar-refractivity contribution < 1.29 is 27.6 Å². The predicted molar refractivity (Wildman–Crippen MR) is 509 cm³/mol. The van der Waals surface area contributed by atoms with E-state index in [-0.39, 0.29) is 6.01 Å². The molecule has 0 aliphatic heterocycles. The van der Waals surface area contributed by atoms with Crippen LogP contribution in [0.4, 0.5) is 99.0 Å². The molecule has 4 heterocycles. The molecule has 0 atom stereocenters. The fourth-order valence-corrected chi connectivity index (χ4v) is 13.2. The number of rotatable bonds is 35. The van der Waals surface area contributed by atoms with Gasteiger partial charge in [0.25, 0.3) is 0 Å². The number of para-hydroxylation sites is 9. The van der Waals surface area contributed by atoms with Gasteiger partial charge in [-0.15, -0.1) is 0 Å². The molecule has 0 fully saturated rings. The minimum atomic E-state index is -3.89. The van der Waals surface area contributed by atoms with Gasteiger partial charge in [0.2, 0.25) is 53.5 Å². The van der Waals surface area contributed by atoms with E-state index in [0.717, 1.165) is 99.7 Å². The Labute approximate surface area is 740 Å². The van der Waals surface area contributed by atoms with E-state index in [1.807, 2.05) is 287 Å². The third-order valence-corrected chi connectivity index (χ3v) is 19.3. The summed E-state index contributed by atoms with van der Waals surface area (Å²) in [4.78, 5) is 53.2. The number of nitrogens with zero attached hydrogens (tertiary/aromatic N) is 12. The number of anilines is 17. The Morgan fingerprint density at radius 2 is 0.528 bits per heavy atom. The summed E-state index contributed by atoms with van der Waals surface area (Å²) >= 11 is 0. The molecule has 27 nitrogen and oxygen atoms in total. The molecule has 0 saturated carbocycles. The Bertz CT molecular complexity index is 5300. The molecule has 16 rings (SSSR count). The second-order valence-corrected chi connectivity index (χ2v) is 29.8. The summed E-state index contributed by atoms with van der Waals surface area (Å²) in [5.41, 5.74) is 15.2. The van der Waals surface area contributed by atoms with E-state index in [4.69, 9.17) is 28.8 Å². The van der Waals surface area contributed by atoms with Crippen LogP contribution in [-0.2, 0) is 17.4 Å². The first-order chi connectivity index (χ1) is 62.3. The summed E-state index contributed by atoms with van der Waals surface area (Å²) in [5.74, 6) is 8.20. The molecule has 644 valence electrons. The molecule has 10 N–H and O–H groups in total. The summed E-state index contributed by atoms with van der Waals surface area (Å²) in [7, 11) is -2.25. The zero-order valence-electron chi connectivity index (χ0n) is 71.3. The number of nitrogens with two attached hydrogens (primary N) is 1. The topological polar surface area (TPSA) is 340 Å². The van der Waals surface area contributed by atoms with Gasteiger partial charge in [0.1, 0.15) is 40.4 Å². The Hall–Kier alpha value is -15.9. The van der Waals surface area contributed by atoms with E-state index in [1.165, 1.54) is 38.5 Å². The molecule has 12 aromatic carbocycles. The number of ether oxygens (including phenoxy) is 2. The third-order valence-electron chi connectivity index (χ3n) is 18.0. The van der Waals surface area contributed by atoms with Gasteiger partial charge >= 0.3 is 13.8 Å². The number of unbranched alkanes of at least 4 members (excludes halogenated alkanes) is 6. The number of phosphoric acid groups is 1. The average Bonchev–Trinajstić information content (AvgIpc) is 0.845. The first kappa shape index (κ1) is 90.3. The van der Waals surface area contributed by atoms with Gasteiger partial charge in [0.15, 0.2) is 0 Å². The van der Waals surface area contributed by atoms with Crippen LogP contribution in [0.2, 0.25) is 0 Å². The number of aryl methyl sites for hydroxylation is 4. The third kappa shape index (κ3) is 32.5. The lowest BCUT2D eigenvalue weighted by Crippen LogP contribution is -2.07. The number of nitrogens with one attached hydrogen (secondary N) is 8. The first-order valence-corrected chi connectivity index (χ1v) is 43.3. The highest BCUT2D eigenvalue weighted by Crippen LogP contribution is 2.50. The maximum atomic E-state index is 13.1. The van der Waals surface area contributed by atoms with Crippen molar-refractivity contribution in [2.75, 3.05) is 55.4 Å². The van der Waals surface area contributed by atoms with E-state index in [1.54, 1.807) is 79.9 Å². The fraction of sp³-hybridized carbons (Fsp3) is 0.152. The maximum absolute atomic E-state index is 13.1. The van der Waals surface area contributed by atoms with E-state index in [2.05, 4.69) is 116 Å². The van der Waals surface area contributed by atoms with Crippen LogP contribution in [0.15, 0.2) is 346 Å². The van der Waals surface area contributed by atoms with Crippen LogP contribution in [0.5, 0.6) is 34.8 Å². The van der Waals surface area contributed by atoms with Gasteiger partial charge in [-0.2, -0.15) is 59.4 Å². The molecule has 28 heteroatoms. The van der Waals surface area contributed by atoms with Crippen molar-refractivity contribution in [3.63, 3.8) is 0 Å². The second kappa shape index (κ2) is 49.3. The summed E-state index contributed by atoms with van der Waals surface area (Å²) in [6.45, 7) is 8.52. The second-order valence-electron chi connectivity index (χ2n) is 28.4. The maximum Gasteiger partial charge on any atom is 0.647 e.